The fraction of sp³-hybridized carbons (Fsp3) is 0.400. The molecule has 20 heavy (non-hydrogen) atoms. The average Bonchev–Trinajstić information content (AvgIpc) is 2.96. The number of likely N-dealkylation sites (tertiary alicyclic amines) is 1. The van der Waals surface area contributed by atoms with Crippen LogP contribution in [0.15, 0.2) is 36.4 Å². The molecule has 1 aromatic carbocycles. The van der Waals surface area contributed by atoms with Gasteiger partial charge in [0, 0.05) is 12.6 Å². The Morgan fingerprint density at radius 3 is 2.85 bits per heavy atom. The molecule has 2 aliphatic heterocycles. The van der Waals surface area contributed by atoms with Crippen LogP contribution in [-0.4, -0.2) is 49.7 Å². The quantitative estimate of drug-likeness (QED) is 0.826. The summed E-state index contributed by atoms with van der Waals surface area (Å²) in [5.41, 5.74) is 0. The minimum atomic E-state index is -0.159. The molecule has 5 heteroatoms. The smallest absolute Gasteiger partial charge is 0.243 e. The van der Waals surface area contributed by atoms with Gasteiger partial charge in [0.05, 0.1) is 20.2 Å². The molecule has 1 aromatic rings. The van der Waals surface area contributed by atoms with Gasteiger partial charge in [-0.25, -0.2) is 0 Å². The van der Waals surface area contributed by atoms with Crippen molar-refractivity contribution in [3.63, 3.8) is 0 Å². The Morgan fingerprint density at radius 2 is 2.15 bits per heavy atom. The summed E-state index contributed by atoms with van der Waals surface area (Å²) in [5, 5.41) is 3.13. The maximum atomic E-state index is 12.1. The lowest BCUT2D eigenvalue weighted by Crippen LogP contribution is -2.59. The van der Waals surface area contributed by atoms with Gasteiger partial charge in [-0.1, -0.05) is 18.2 Å². The first-order valence-corrected chi connectivity index (χ1v) is 6.76. The first kappa shape index (κ1) is 13.0. The number of nitrogens with zero attached hydrogens (tertiary/aromatic N) is 1. The Morgan fingerprint density at radius 1 is 1.35 bits per heavy atom. The molecule has 1 amide bonds. The van der Waals surface area contributed by atoms with E-state index in [2.05, 4.69) is 5.32 Å². The van der Waals surface area contributed by atoms with Gasteiger partial charge in [0.2, 0.25) is 5.91 Å². The average molecular weight is 274 g/mol. The van der Waals surface area contributed by atoms with Gasteiger partial charge in [-0.2, -0.15) is 0 Å². The molecule has 1 unspecified atom stereocenters. The fourth-order valence-electron chi connectivity index (χ4n) is 2.39. The summed E-state index contributed by atoms with van der Waals surface area (Å²) < 4.78 is 11.0. The van der Waals surface area contributed by atoms with Crippen molar-refractivity contribution in [1.29, 1.82) is 0 Å². The monoisotopic (exact) mass is 274 g/mol. The standard InChI is InChI=1S/C15H18N2O3/c1-19-11-4-2-5-12(8-11)20-13-9-17(10-13)15(18)14-6-3-7-16-14/h2-6,8,13-14,16H,7,9-10H2,1H3. The van der Waals surface area contributed by atoms with E-state index in [-0.39, 0.29) is 18.1 Å². The predicted molar refractivity (Wildman–Crippen MR) is 74.9 cm³/mol. The van der Waals surface area contributed by atoms with Crippen LogP contribution in [0.1, 0.15) is 0 Å². The van der Waals surface area contributed by atoms with Crippen molar-refractivity contribution in [2.24, 2.45) is 0 Å². The molecule has 1 atom stereocenters. The molecular formula is C15H18N2O3. The number of rotatable bonds is 4. The zero-order valence-corrected chi connectivity index (χ0v) is 11.4. The van der Waals surface area contributed by atoms with E-state index in [0.29, 0.717) is 13.1 Å². The van der Waals surface area contributed by atoms with Crippen molar-refractivity contribution in [1.82, 2.24) is 10.2 Å². The highest BCUT2D eigenvalue weighted by Crippen LogP contribution is 2.23. The number of nitrogens with one attached hydrogen (secondary N) is 1. The lowest BCUT2D eigenvalue weighted by Gasteiger charge is -2.40. The number of carbonyl (C=O) groups is 1. The number of methoxy groups -OCH3 is 1. The van der Waals surface area contributed by atoms with Crippen molar-refractivity contribution in [2.75, 3.05) is 26.7 Å². The molecule has 0 saturated carbocycles. The van der Waals surface area contributed by atoms with Gasteiger partial charge in [-0.3, -0.25) is 10.1 Å². The van der Waals surface area contributed by atoms with Crippen LogP contribution in [0.2, 0.25) is 0 Å². The summed E-state index contributed by atoms with van der Waals surface area (Å²) in [6.07, 6.45) is 3.96. The van der Waals surface area contributed by atoms with Crippen LogP contribution in [0.5, 0.6) is 11.5 Å². The molecule has 1 fully saturated rings. The van der Waals surface area contributed by atoms with Crippen LogP contribution >= 0.6 is 0 Å². The number of carbonyl (C=O) groups excluding carboxylic acids is 1. The minimum absolute atomic E-state index is 0.0661. The molecule has 0 radical (unpaired) electrons. The molecule has 1 saturated heterocycles. The molecule has 1 N–H and O–H groups in total. The maximum absolute atomic E-state index is 12.1. The Balaban J connectivity index is 1.50. The molecule has 3 rings (SSSR count). The summed E-state index contributed by atoms with van der Waals surface area (Å²) in [6, 6.07) is 7.36. The number of ether oxygens (including phenoxy) is 2. The van der Waals surface area contributed by atoms with Crippen molar-refractivity contribution >= 4 is 5.91 Å². The summed E-state index contributed by atoms with van der Waals surface area (Å²) >= 11 is 0. The van der Waals surface area contributed by atoms with Crippen molar-refractivity contribution < 1.29 is 14.3 Å². The molecule has 0 aromatic heterocycles. The van der Waals surface area contributed by atoms with Crippen molar-refractivity contribution in [3.8, 4) is 11.5 Å². The second kappa shape index (κ2) is 5.54. The predicted octanol–water partition coefficient (Wildman–Crippen LogP) is 0.813. The topological polar surface area (TPSA) is 50.8 Å². The molecular weight excluding hydrogens is 256 g/mol. The Labute approximate surface area is 118 Å². The highest BCUT2D eigenvalue weighted by atomic mass is 16.5. The van der Waals surface area contributed by atoms with E-state index in [1.165, 1.54) is 0 Å². The lowest BCUT2D eigenvalue weighted by atomic mass is 10.1. The zero-order chi connectivity index (χ0) is 13.9. The number of amides is 1. The SMILES string of the molecule is COc1cccc(OC2CN(C(=O)C3C=CCN3)C2)c1. The molecule has 0 bridgehead atoms. The van der Waals surface area contributed by atoms with Gasteiger partial charge in [-0.15, -0.1) is 0 Å². The third kappa shape index (κ3) is 2.63. The number of benzene rings is 1. The minimum Gasteiger partial charge on any atom is -0.497 e. The van der Waals surface area contributed by atoms with Crippen LogP contribution in [-0.2, 0) is 4.79 Å². The number of hydrogen-bond donors (Lipinski definition) is 1. The van der Waals surface area contributed by atoms with Gasteiger partial charge >= 0.3 is 0 Å². The van der Waals surface area contributed by atoms with Crippen molar-refractivity contribution in [2.45, 2.75) is 12.1 Å². The third-order valence-corrected chi connectivity index (χ3v) is 3.55. The maximum Gasteiger partial charge on any atom is 0.243 e. The fourth-order valence-corrected chi connectivity index (χ4v) is 2.39. The van der Waals surface area contributed by atoms with E-state index in [1.807, 2.05) is 41.3 Å². The molecule has 106 valence electrons. The van der Waals surface area contributed by atoms with E-state index in [9.17, 15) is 4.79 Å². The summed E-state index contributed by atoms with van der Waals surface area (Å²) in [4.78, 5) is 13.9. The number of hydrogen-bond acceptors (Lipinski definition) is 4. The zero-order valence-electron chi connectivity index (χ0n) is 11.4. The summed E-state index contributed by atoms with van der Waals surface area (Å²) in [7, 11) is 1.63. The normalized spacial score (nSPS) is 21.6. The second-order valence-corrected chi connectivity index (χ2v) is 4.98. The van der Waals surface area contributed by atoms with Crippen LogP contribution < -0.4 is 14.8 Å². The first-order valence-electron chi connectivity index (χ1n) is 6.76. The molecule has 2 heterocycles. The first-order chi connectivity index (χ1) is 9.76. The van der Waals surface area contributed by atoms with Crippen molar-refractivity contribution in [3.05, 3.63) is 36.4 Å². The van der Waals surface area contributed by atoms with E-state index in [4.69, 9.17) is 9.47 Å². The van der Waals surface area contributed by atoms with E-state index >= 15 is 0 Å². The molecule has 5 nitrogen and oxygen atoms in total. The van der Waals surface area contributed by atoms with E-state index in [0.717, 1.165) is 18.0 Å². The Hall–Kier alpha value is -2.01. The Kier molecular flexibility index (Phi) is 3.60. The molecule has 2 aliphatic rings. The van der Waals surface area contributed by atoms with E-state index < -0.39 is 0 Å². The van der Waals surface area contributed by atoms with E-state index in [1.54, 1.807) is 7.11 Å². The largest absolute Gasteiger partial charge is 0.497 e. The van der Waals surface area contributed by atoms with Gasteiger partial charge in [-0.05, 0) is 12.1 Å². The summed E-state index contributed by atoms with van der Waals surface area (Å²) in [5.74, 6) is 1.68. The van der Waals surface area contributed by atoms with Gasteiger partial charge in [0.1, 0.15) is 23.6 Å². The van der Waals surface area contributed by atoms with Crippen LogP contribution in [0, 0.1) is 0 Å². The van der Waals surface area contributed by atoms with Gasteiger partial charge in [0.25, 0.3) is 0 Å². The molecule has 0 spiro atoms. The van der Waals surface area contributed by atoms with Crippen LogP contribution in [0.25, 0.3) is 0 Å². The van der Waals surface area contributed by atoms with Gasteiger partial charge in [0.15, 0.2) is 0 Å². The highest BCUT2D eigenvalue weighted by Gasteiger charge is 2.35. The van der Waals surface area contributed by atoms with Crippen LogP contribution in [0.3, 0.4) is 0 Å². The second-order valence-electron chi connectivity index (χ2n) is 4.98. The highest BCUT2D eigenvalue weighted by molar-refractivity contribution is 5.85. The summed E-state index contributed by atoms with van der Waals surface area (Å²) in [6.45, 7) is 2.05. The third-order valence-electron chi connectivity index (χ3n) is 3.55. The van der Waals surface area contributed by atoms with Gasteiger partial charge < -0.3 is 14.4 Å². The Bertz CT molecular complexity index is 524. The lowest BCUT2D eigenvalue weighted by molar-refractivity contribution is -0.140. The van der Waals surface area contributed by atoms with Crippen LogP contribution in [0.4, 0.5) is 0 Å². The molecule has 0 aliphatic carbocycles.